The minimum absolute atomic E-state index is 0.0820. The van der Waals surface area contributed by atoms with Crippen molar-refractivity contribution < 1.29 is 14.7 Å². The van der Waals surface area contributed by atoms with Crippen LogP contribution in [0.1, 0.15) is 12.8 Å². The Balaban J connectivity index is 2.40. The maximum absolute atomic E-state index is 11.4. The van der Waals surface area contributed by atoms with Crippen LogP contribution < -0.4 is 10.9 Å². The first kappa shape index (κ1) is 14.2. The second kappa shape index (κ2) is 6.80. The molecule has 18 heavy (non-hydrogen) atoms. The third-order valence-electron chi connectivity index (χ3n) is 2.19. The van der Waals surface area contributed by atoms with Crippen LogP contribution >= 0.6 is 11.6 Å². The van der Waals surface area contributed by atoms with Crippen molar-refractivity contribution in [2.45, 2.75) is 19.4 Å². The zero-order valence-corrected chi connectivity index (χ0v) is 10.3. The number of aliphatic carboxylic acids is 1. The summed E-state index contributed by atoms with van der Waals surface area (Å²) in [7, 11) is 0. The predicted octanol–water partition coefficient (Wildman–Crippen LogP) is 0.483. The van der Waals surface area contributed by atoms with Crippen LogP contribution in [-0.2, 0) is 16.1 Å². The topological polar surface area (TPSA) is 88.4 Å². The summed E-state index contributed by atoms with van der Waals surface area (Å²) in [5.41, 5.74) is -0.238. The van der Waals surface area contributed by atoms with Crippen molar-refractivity contribution in [2.24, 2.45) is 0 Å². The fourth-order valence-electron chi connectivity index (χ4n) is 1.30. The molecule has 0 aromatic carbocycles. The number of aryl methyl sites for hydroxylation is 1. The van der Waals surface area contributed by atoms with E-state index >= 15 is 0 Å². The first-order chi connectivity index (χ1) is 8.49. The van der Waals surface area contributed by atoms with Gasteiger partial charge in [0.25, 0.3) is 5.56 Å². The van der Waals surface area contributed by atoms with E-state index in [9.17, 15) is 14.4 Å². The number of carboxylic acids is 1. The molecule has 0 bridgehead atoms. The molecule has 0 aliphatic rings. The molecular weight excluding hydrogens is 260 g/mol. The van der Waals surface area contributed by atoms with Gasteiger partial charge in [-0.1, -0.05) is 11.6 Å². The molecule has 0 saturated carbocycles. The fourth-order valence-corrected chi connectivity index (χ4v) is 1.48. The second-order valence-corrected chi connectivity index (χ2v) is 4.06. The van der Waals surface area contributed by atoms with Crippen LogP contribution in [0.25, 0.3) is 0 Å². The highest BCUT2D eigenvalue weighted by Crippen LogP contribution is 2.03. The minimum atomic E-state index is -0.971. The first-order valence-corrected chi connectivity index (χ1v) is 5.71. The lowest BCUT2D eigenvalue weighted by molar-refractivity contribution is -0.136. The molecule has 98 valence electrons. The Labute approximate surface area is 108 Å². The van der Waals surface area contributed by atoms with E-state index in [1.807, 2.05) is 0 Å². The van der Waals surface area contributed by atoms with E-state index in [0.29, 0.717) is 5.02 Å². The highest BCUT2D eigenvalue weighted by Gasteiger charge is 2.04. The lowest BCUT2D eigenvalue weighted by atomic mass is 10.3. The summed E-state index contributed by atoms with van der Waals surface area (Å²) in [6.45, 7) is 0.289. The van der Waals surface area contributed by atoms with Crippen LogP contribution in [0.2, 0.25) is 5.02 Å². The van der Waals surface area contributed by atoms with E-state index in [4.69, 9.17) is 16.7 Å². The highest BCUT2D eigenvalue weighted by molar-refractivity contribution is 6.30. The van der Waals surface area contributed by atoms with E-state index in [-0.39, 0.29) is 37.4 Å². The Kier molecular flexibility index (Phi) is 5.38. The summed E-state index contributed by atoms with van der Waals surface area (Å²) < 4.78 is 1.33. The number of nitrogens with zero attached hydrogens (tertiary/aromatic N) is 1. The summed E-state index contributed by atoms with van der Waals surface area (Å²) in [5, 5.41) is 11.3. The molecule has 6 nitrogen and oxygen atoms in total. The molecule has 0 radical (unpaired) electrons. The SMILES string of the molecule is O=C(O)CCNC(=O)CCn1cc(Cl)ccc1=O. The molecule has 1 aromatic heterocycles. The van der Waals surface area contributed by atoms with Crippen molar-refractivity contribution in [1.29, 1.82) is 0 Å². The van der Waals surface area contributed by atoms with E-state index < -0.39 is 5.97 Å². The molecule has 7 heteroatoms. The molecule has 0 unspecified atom stereocenters. The third-order valence-corrected chi connectivity index (χ3v) is 2.41. The normalized spacial score (nSPS) is 10.1. The fraction of sp³-hybridized carbons (Fsp3) is 0.364. The van der Waals surface area contributed by atoms with Crippen molar-refractivity contribution in [3.05, 3.63) is 33.7 Å². The smallest absolute Gasteiger partial charge is 0.305 e. The number of hydrogen-bond acceptors (Lipinski definition) is 3. The number of nitrogens with one attached hydrogen (secondary N) is 1. The van der Waals surface area contributed by atoms with Gasteiger partial charge in [0.15, 0.2) is 0 Å². The molecule has 0 spiro atoms. The third kappa shape index (κ3) is 5.01. The Bertz CT molecular complexity index is 498. The summed E-state index contributed by atoms with van der Waals surface area (Å²) in [5.74, 6) is -1.27. The molecule has 2 N–H and O–H groups in total. The molecular formula is C11H13ClN2O4. The summed E-state index contributed by atoms with van der Waals surface area (Å²) in [6, 6.07) is 2.80. The minimum Gasteiger partial charge on any atom is -0.481 e. The second-order valence-electron chi connectivity index (χ2n) is 3.62. The molecule has 0 aliphatic heterocycles. The Morgan fingerprint density at radius 1 is 1.33 bits per heavy atom. The van der Waals surface area contributed by atoms with Gasteiger partial charge in [-0.2, -0.15) is 0 Å². The molecule has 1 aromatic rings. The average molecular weight is 273 g/mol. The van der Waals surface area contributed by atoms with E-state index in [1.54, 1.807) is 0 Å². The number of carboxylic acid groups (broad SMARTS) is 1. The number of halogens is 1. The Morgan fingerprint density at radius 3 is 2.72 bits per heavy atom. The quantitative estimate of drug-likeness (QED) is 0.788. The number of carbonyl (C=O) groups is 2. The monoisotopic (exact) mass is 272 g/mol. The van der Waals surface area contributed by atoms with Gasteiger partial charge in [-0.25, -0.2) is 0 Å². The van der Waals surface area contributed by atoms with Crippen molar-refractivity contribution in [3.8, 4) is 0 Å². The first-order valence-electron chi connectivity index (χ1n) is 5.33. The van der Waals surface area contributed by atoms with Crippen LogP contribution in [0, 0.1) is 0 Å². The van der Waals surface area contributed by atoms with Crippen LogP contribution in [0.5, 0.6) is 0 Å². The van der Waals surface area contributed by atoms with Crippen LogP contribution in [0.15, 0.2) is 23.1 Å². The van der Waals surface area contributed by atoms with Gasteiger partial charge in [0.05, 0.1) is 11.4 Å². The van der Waals surface area contributed by atoms with Gasteiger partial charge in [-0.15, -0.1) is 0 Å². The molecule has 1 heterocycles. The van der Waals surface area contributed by atoms with Gasteiger partial charge in [0.2, 0.25) is 5.91 Å². The van der Waals surface area contributed by atoms with Crippen molar-refractivity contribution in [1.82, 2.24) is 9.88 Å². The Hall–Kier alpha value is -1.82. The Morgan fingerprint density at radius 2 is 2.06 bits per heavy atom. The zero-order valence-electron chi connectivity index (χ0n) is 9.56. The van der Waals surface area contributed by atoms with Gasteiger partial charge in [-0.05, 0) is 6.07 Å². The van der Waals surface area contributed by atoms with Gasteiger partial charge in [0, 0.05) is 31.8 Å². The van der Waals surface area contributed by atoms with Crippen LogP contribution in [-0.4, -0.2) is 28.1 Å². The van der Waals surface area contributed by atoms with E-state index in [2.05, 4.69) is 5.32 Å². The number of rotatable bonds is 6. The summed E-state index contributed by atoms with van der Waals surface area (Å²) >= 11 is 5.73. The molecule has 1 amide bonds. The van der Waals surface area contributed by atoms with Gasteiger partial charge >= 0.3 is 5.97 Å². The number of carbonyl (C=O) groups excluding carboxylic acids is 1. The van der Waals surface area contributed by atoms with E-state index in [0.717, 1.165) is 0 Å². The van der Waals surface area contributed by atoms with Gasteiger partial charge < -0.3 is 15.0 Å². The summed E-state index contributed by atoms with van der Waals surface area (Å²) in [6.07, 6.45) is 1.43. The largest absolute Gasteiger partial charge is 0.481 e. The zero-order chi connectivity index (χ0) is 13.5. The maximum Gasteiger partial charge on any atom is 0.305 e. The predicted molar refractivity (Wildman–Crippen MR) is 65.6 cm³/mol. The van der Waals surface area contributed by atoms with Gasteiger partial charge in [-0.3, -0.25) is 14.4 Å². The van der Waals surface area contributed by atoms with Crippen molar-refractivity contribution in [2.75, 3.05) is 6.54 Å². The molecule has 0 aliphatic carbocycles. The number of hydrogen-bond donors (Lipinski definition) is 2. The van der Waals surface area contributed by atoms with Crippen molar-refractivity contribution in [3.63, 3.8) is 0 Å². The van der Waals surface area contributed by atoms with Crippen LogP contribution in [0.3, 0.4) is 0 Å². The molecule has 0 atom stereocenters. The summed E-state index contributed by atoms with van der Waals surface area (Å²) in [4.78, 5) is 33.0. The van der Waals surface area contributed by atoms with Gasteiger partial charge in [0.1, 0.15) is 0 Å². The lowest BCUT2D eigenvalue weighted by Crippen LogP contribution is -2.28. The number of pyridine rings is 1. The van der Waals surface area contributed by atoms with Crippen molar-refractivity contribution >= 4 is 23.5 Å². The lowest BCUT2D eigenvalue weighted by Gasteiger charge is -2.06. The van der Waals surface area contributed by atoms with E-state index in [1.165, 1.54) is 22.9 Å². The average Bonchev–Trinajstić information content (AvgIpc) is 2.30. The number of aromatic nitrogens is 1. The molecule has 0 saturated heterocycles. The highest BCUT2D eigenvalue weighted by atomic mass is 35.5. The molecule has 0 fully saturated rings. The number of amides is 1. The standard InChI is InChI=1S/C11H13ClN2O4/c12-8-1-2-10(16)14(7-8)6-4-9(15)13-5-3-11(17)18/h1-2,7H,3-6H2,(H,13,15)(H,17,18). The van der Waals surface area contributed by atoms with Crippen LogP contribution in [0.4, 0.5) is 0 Å². The maximum atomic E-state index is 11.4. The molecule has 1 rings (SSSR count).